The van der Waals surface area contributed by atoms with Gasteiger partial charge >= 0.3 is 35.8 Å². The van der Waals surface area contributed by atoms with Crippen LogP contribution < -0.4 is 0 Å². The van der Waals surface area contributed by atoms with Crippen molar-refractivity contribution in [3.63, 3.8) is 0 Å². The summed E-state index contributed by atoms with van der Waals surface area (Å²) in [5.41, 5.74) is -10.1. The highest BCUT2D eigenvalue weighted by Crippen LogP contribution is 2.45. The van der Waals surface area contributed by atoms with E-state index >= 15 is 0 Å². The molecule has 6 fully saturated rings. The number of methoxy groups -OCH3 is 2. The zero-order chi connectivity index (χ0) is 91.3. The number of rotatable bonds is 24. The van der Waals surface area contributed by atoms with Crippen molar-refractivity contribution in [3.8, 4) is 0 Å². The Kier molecular flexibility index (Phi) is 41.2. The van der Waals surface area contributed by atoms with Gasteiger partial charge in [0.2, 0.25) is 0 Å². The molecule has 0 bridgehead atoms. The van der Waals surface area contributed by atoms with Crippen LogP contribution in [0.2, 0.25) is 0 Å². The molecule has 0 radical (unpaired) electrons. The molecule has 6 aliphatic rings. The molecule has 6 saturated heterocycles. The molecule has 6 rings (SSSR count). The van der Waals surface area contributed by atoms with E-state index in [1.54, 1.807) is 96.9 Å². The Morgan fingerprint density at radius 1 is 0.430 bits per heavy atom. The average Bonchev–Trinajstić information content (AvgIpc) is 0.771. The molecule has 6 aliphatic heterocycles. The summed E-state index contributed by atoms with van der Waals surface area (Å²) in [7, 11) is 10.2. The number of likely N-dealkylation sites (N-methyl/N-ethyl adjacent to an activating group) is 2. The maximum absolute atomic E-state index is 14.3. The van der Waals surface area contributed by atoms with Crippen molar-refractivity contribution in [2.75, 3.05) is 55.6 Å². The van der Waals surface area contributed by atoms with E-state index in [0.29, 0.717) is 12.8 Å². The lowest BCUT2D eigenvalue weighted by molar-refractivity contribution is -0.319. The van der Waals surface area contributed by atoms with Gasteiger partial charge in [-0.2, -0.15) is 0 Å². The van der Waals surface area contributed by atoms with Crippen molar-refractivity contribution in [1.29, 1.82) is 0 Å². The van der Waals surface area contributed by atoms with E-state index < -0.39 is 263 Å². The summed E-state index contributed by atoms with van der Waals surface area (Å²) in [4.78, 5) is 111. The van der Waals surface area contributed by atoms with E-state index in [9.17, 15) is 79.2 Å². The van der Waals surface area contributed by atoms with E-state index in [4.69, 9.17) is 75.8 Å². The lowest BCUT2D eigenvalue weighted by Crippen LogP contribution is -2.61. The van der Waals surface area contributed by atoms with Gasteiger partial charge < -0.3 is 132 Å². The Bertz CT molecular complexity index is 3090. The monoisotopic (exact) mass is 1740 g/mol. The Morgan fingerprint density at radius 3 is 1.02 bits per heavy atom. The number of Topliss-reactive ketones (excluding diaryl/α,β-unsaturated/α-hetero) is 2. The van der Waals surface area contributed by atoms with Gasteiger partial charge in [-0.1, -0.05) is 55.4 Å². The van der Waals surface area contributed by atoms with E-state index in [-0.39, 0.29) is 82.9 Å². The normalized spacial score (nSPS) is 43.5. The number of cyclic esters (lactones) is 2. The number of ketones is 2. The number of aliphatic hydroxyl groups excluding tert-OH is 4. The summed E-state index contributed by atoms with van der Waals surface area (Å²) in [6, 6.07) is -0.885. The van der Waals surface area contributed by atoms with Gasteiger partial charge in [-0.25, -0.2) is 0 Å². The number of carbonyl (C=O) groups is 8. The zero-order valence-electron chi connectivity index (χ0n) is 77.0. The SMILES string of the molecule is CCOC(=O)CCC(=O)O[C@H]1[C@H](O[C@@H]2[C@@H](C)[C@H](O[C@H]3C[C@@](C)(OC)[C@@H](O)[C@H](C)O3)[C@@H](C)C(=O)O[C@H](CC)[C@@](C)(O)[C@H](O)[C@@H](C)C(=O)[C@H](C)C[C@]2(C)O)O[C@H](C)C[C@@H]1N(C)C.CCOC(=O)CCC(=O)O[C@H]1[C@H](O[C@@H]2[C@@H](C)[C@H](O[C@H]3C[C@@](C)(OC)[C@@H](O)[C@H](C)O3)[C@@H](C)C(=O)O[C@H](CC)[C@@](C)(O)[C@H](O)[C@@H](C)C(=O)[C@H](C)C[C@]2(C)O)O[C@H](C)C[C@@H]1N(C)C.O. The quantitative estimate of drug-likeness (QED) is 0.0486. The van der Waals surface area contributed by atoms with E-state index in [1.807, 2.05) is 51.8 Å². The molecule has 10 N–H and O–H groups in total. The minimum atomic E-state index is -2.04. The van der Waals surface area contributed by atoms with Gasteiger partial charge in [-0.15, -0.1) is 0 Å². The molecule has 0 aromatic carbocycles. The van der Waals surface area contributed by atoms with E-state index in [1.165, 1.54) is 55.8 Å². The molecule has 0 saturated carbocycles. The fraction of sp³-hybridized carbons (Fsp3) is 0.907. The summed E-state index contributed by atoms with van der Waals surface area (Å²) in [5, 5.41) is 93.6. The number of nitrogens with zero attached hydrogens (tertiary/aromatic N) is 2. The topological polar surface area (TPSA) is 484 Å². The molecule has 35 heteroatoms. The van der Waals surface area contributed by atoms with Crippen molar-refractivity contribution in [1.82, 2.24) is 9.80 Å². The third kappa shape index (κ3) is 27.2. The van der Waals surface area contributed by atoms with Crippen molar-refractivity contribution < 1.29 is 160 Å². The number of esters is 6. The standard InChI is InChI=1S/2C43H75NO16.H2O/c2*1-15-29-43(11,52)36(48)24(5)33(47)22(3)20-41(9,51)38(25(6)34(26(7)39(50)57-29)59-32-21-42(10,53-14)37(49)27(8)56-32)60-40-35(28(44(12)13)19-23(4)55-40)58-31(46)18-17-30(45)54-16-2;/h2*22-29,32,34-38,40,48-49,51-52H,15-21H2,1-14H3;1H2/t2*22-,23-,24+,25+,26-,27+,28+,29-,32+,34+,35-,36-,37+,38-,40+,41+,42-,43-;/m11./s1. The molecule has 0 aromatic heterocycles. The largest absolute Gasteiger partial charge is 0.466 e. The van der Waals surface area contributed by atoms with Crippen LogP contribution in [-0.4, -0.2) is 328 Å². The number of hydrogen-bond donors (Lipinski definition) is 8. The molecule has 35 nitrogen and oxygen atoms in total. The molecule has 704 valence electrons. The summed E-state index contributed by atoms with van der Waals surface area (Å²) in [5.74, 6) is -13.3. The second kappa shape index (κ2) is 45.8. The highest BCUT2D eigenvalue weighted by Gasteiger charge is 2.58. The van der Waals surface area contributed by atoms with Crippen molar-refractivity contribution in [2.24, 2.45) is 47.3 Å². The average molecular weight is 1740 g/mol. The van der Waals surface area contributed by atoms with Gasteiger partial charge in [0.15, 0.2) is 37.4 Å². The number of ether oxygens (including phenoxy) is 16. The summed E-state index contributed by atoms with van der Waals surface area (Å²) >= 11 is 0. The maximum Gasteiger partial charge on any atom is 0.311 e. The Morgan fingerprint density at radius 2 is 0.736 bits per heavy atom. The highest BCUT2D eigenvalue weighted by atomic mass is 16.7. The van der Waals surface area contributed by atoms with Gasteiger partial charge in [-0.3, -0.25) is 38.4 Å². The molecule has 0 amide bonds. The Labute approximate surface area is 715 Å². The van der Waals surface area contributed by atoms with Gasteiger partial charge in [0.25, 0.3) is 0 Å². The van der Waals surface area contributed by atoms with Crippen LogP contribution in [0.3, 0.4) is 0 Å². The third-order valence-electron chi connectivity index (χ3n) is 25.8. The molecule has 0 unspecified atom stereocenters. The first-order valence-electron chi connectivity index (χ1n) is 43.0. The fourth-order valence-corrected chi connectivity index (χ4v) is 18.3. The van der Waals surface area contributed by atoms with Crippen molar-refractivity contribution in [2.45, 2.75) is 398 Å². The molecular formula is C86H152N2O33. The lowest BCUT2D eigenvalue weighted by Gasteiger charge is -2.49. The first-order chi connectivity index (χ1) is 55.5. The smallest absolute Gasteiger partial charge is 0.311 e. The van der Waals surface area contributed by atoms with Crippen LogP contribution in [-0.2, 0) is 114 Å². The Balaban J connectivity index is 0.000000504. The van der Waals surface area contributed by atoms with Crippen LogP contribution in [0.1, 0.15) is 229 Å². The first-order valence-corrected chi connectivity index (χ1v) is 43.0. The van der Waals surface area contributed by atoms with Crippen LogP contribution in [0.15, 0.2) is 0 Å². The number of hydrogen-bond acceptors (Lipinski definition) is 34. The Hall–Kier alpha value is -4.68. The maximum atomic E-state index is 14.3. The third-order valence-corrected chi connectivity index (χ3v) is 25.8. The molecule has 121 heavy (non-hydrogen) atoms. The predicted molar refractivity (Wildman–Crippen MR) is 436 cm³/mol. The van der Waals surface area contributed by atoms with E-state index in [0.717, 1.165) is 0 Å². The van der Waals surface area contributed by atoms with Crippen LogP contribution in [0.5, 0.6) is 0 Å². The first kappa shape index (κ1) is 109. The summed E-state index contributed by atoms with van der Waals surface area (Å²) in [6.45, 7) is 35.8. The number of carbonyl (C=O) groups excluding carboxylic acids is 8. The van der Waals surface area contributed by atoms with Crippen LogP contribution in [0.25, 0.3) is 0 Å². The minimum absolute atomic E-state index is 0. The van der Waals surface area contributed by atoms with Gasteiger partial charge in [0.1, 0.15) is 47.2 Å². The fourth-order valence-electron chi connectivity index (χ4n) is 18.3. The highest BCUT2D eigenvalue weighted by molar-refractivity contribution is 5.84. The number of aliphatic hydroxyl groups is 8. The lowest BCUT2D eigenvalue weighted by atomic mass is 9.74. The second-order valence-corrected chi connectivity index (χ2v) is 36.5. The minimum Gasteiger partial charge on any atom is -0.466 e. The molecule has 0 aliphatic carbocycles. The molecule has 0 aromatic rings. The molecule has 36 atom stereocenters. The van der Waals surface area contributed by atoms with Crippen molar-refractivity contribution in [3.05, 3.63) is 0 Å². The van der Waals surface area contributed by atoms with Crippen LogP contribution in [0, 0.1) is 47.3 Å². The van der Waals surface area contributed by atoms with Gasteiger partial charge in [0, 0.05) is 62.6 Å². The molecule has 6 heterocycles. The summed E-state index contributed by atoms with van der Waals surface area (Å²) in [6.07, 6.45) is -22.3. The summed E-state index contributed by atoms with van der Waals surface area (Å²) < 4.78 is 97.5. The van der Waals surface area contributed by atoms with Gasteiger partial charge in [0.05, 0.1) is 146 Å². The van der Waals surface area contributed by atoms with Crippen molar-refractivity contribution >= 4 is 47.4 Å². The van der Waals surface area contributed by atoms with Crippen LogP contribution in [0.4, 0.5) is 0 Å². The molecular weight excluding hydrogens is 1590 g/mol. The second-order valence-electron chi connectivity index (χ2n) is 36.5. The van der Waals surface area contributed by atoms with Crippen LogP contribution >= 0.6 is 0 Å². The predicted octanol–water partition coefficient (Wildman–Crippen LogP) is 4.53. The zero-order valence-corrected chi connectivity index (χ0v) is 77.0. The van der Waals surface area contributed by atoms with E-state index in [2.05, 4.69) is 0 Å². The molecule has 0 spiro atoms. The van der Waals surface area contributed by atoms with Gasteiger partial charge in [-0.05, 0) is 164 Å².